The van der Waals surface area contributed by atoms with Crippen LogP contribution in [-0.4, -0.2) is 31.4 Å². The van der Waals surface area contributed by atoms with E-state index < -0.39 is 0 Å². The number of aromatic nitrogens is 4. The second-order valence-electron chi connectivity index (χ2n) is 5.70. The van der Waals surface area contributed by atoms with Crippen LogP contribution < -0.4 is 5.32 Å². The molecule has 3 rings (SSSR count). The van der Waals surface area contributed by atoms with Crippen LogP contribution >= 0.6 is 23.1 Å². The number of allylic oxidation sites excluding steroid dienone is 1. The third kappa shape index (κ3) is 4.39. The maximum atomic E-state index is 12.1. The Balaban J connectivity index is 1.72. The summed E-state index contributed by atoms with van der Waals surface area (Å²) in [6.07, 6.45) is 1.80. The number of anilines is 1. The van der Waals surface area contributed by atoms with Gasteiger partial charge in [0, 0.05) is 17.5 Å². The van der Waals surface area contributed by atoms with Gasteiger partial charge in [0.2, 0.25) is 5.91 Å². The van der Waals surface area contributed by atoms with Gasteiger partial charge in [-0.05, 0) is 13.8 Å². The third-order valence-electron chi connectivity index (χ3n) is 3.54. The molecule has 3 aromatic rings. The lowest BCUT2D eigenvalue weighted by Gasteiger charge is -2.08. The Morgan fingerprint density at radius 1 is 1.31 bits per heavy atom. The maximum absolute atomic E-state index is 12.1. The van der Waals surface area contributed by atoms with Crippen molar-refractivity contribution in [3.8, 4) is 11.4 Å². The highest BCUT2D eigenvalue weighted by Crippen LogP contribution is 2.25. The molecule has 0 radical (unpaired) electrons. The molecule has 0 aliphatic heterocycles. The van der Waals surface area contributed by atoms with Crippen molar-refractivity contribution in [2.24, 2.45) is 0 Å². The van der Waals surface area contributed by atoms with Crippen molar-refractivity contribution in [2.75, 3.05) is 11.1 Å². The summed E-state index contributed by atoms with van der Waals surface area (Å²) in [5, 5.41) is 14.6. The molecule has 0 aliphatic carbocycles. The summed E-state index contributed by atoms with van der Waals surface area (Å²) in [5.74, 6) is 0.889. The molecule has 0 atom stereocenters. The molecule has 1 amide bonds. The van der Waals surface area contributed by atoms with Crippen LogP contribution in [0.3, 0.4) is 0 Å². The topological polar surface area (TPSA) is 72.7 Å². The zero-order valence-corrected chi connectivity index (χ0v) is 16.2. The Morgan fingerprint density at radius 2 is 2.08 bits per heavy atom. The molecule has 0 unspecified atom stereocenters. The summed E-state index contributed by atoms with van der Waals surface area (Å²) in [6.45, 7) is 8.32. The van der Waals surface area contributed by atoms with Gasteiger partial charge in [0.1, 0.15) is 0 Å². The van der Waals surface area contributed by atoms with Gasteiger partial charge in [-0.1, -0.05) is 47.7 Å². The molecular weight excluding hydrogens is 366 g/mol. The molecule has 1 N–H and O–H groups in total. The molecule has 134 valence electrons. The van der Waals surface area contributed by atoms with Gasteiger partial charge in [0.25, 0.3) is 0 Å². The number of carbonyl (C=O) groups excluding carboxylic acids is 1. The van der Waals surface area contributed by atoms with Gasteiger partial charge in [0.05, 0.1) is 11.4 Å². The number of carbonyl (C=O) groups is 1. The number of hydrogen-bond donors (Lipinski definition) is 1. The fourth-order valence-corrected chi connectivity index (χ4v) is 3.75. The van der Waals surface area contributed by atoms with E-state index in [1.807, 2.05) is 48.1 Å². The van der Waals surface area contributed by atoms with Crippen molar-refractivity contribution < 1.29 is 4.79 Å². The Kier molecular flexibility index (Phi) is 5.85. The number of thioether (sulfide) groups is 1. The summed E-state index contributed by atoms with van der Waals surface area (Å²) in [6, 6.07) is 8.12. The van der Waals surface area contributed by atoms with Crippen molar-refractivity contribution >= 4 is 34.1 Å². The minimum atomic E-state index is -0.116. The molecule has 6 nitrogen and oxygen atoms in total. The van der Waals surface area contributed by atoms with Crippen molar-refractivity contribution in [3.63, 3.8) is 0 Å². The zero-order valence-electron chi connectivity index (χ0n) is 14.6. The number of amides is 1. The highest BCUT2D eigenvalue weighted by molar-refractivity contribution is 7.99. The van der Waals surface area contributed by atoms with E-state index in [1.165, 1.54) is 28.7 Å². The summed E-state index contributed by atoms with van der Waals surface area (Å²) in [7, 11) is 0. The average Bonchev–Trinajstić information content (AvgIpc) is 3.20. The van der Waals surface area contributed by atoms with E-state index in [4.69, 9.17) is 0 Å². The molecule has 0 saturated heterocycles. The van der Waals surface area contributed by atoms with Crippen LogP contribution in [0, 0.1) is 13.8 Å². The van der Waals surface area contributed by atoms with E-state index in [0.29, 0.717) is 16.8 Å². The molecule has 0 fully saturated rings. The smallest absolute Gasteiger partial charge is 0.236 e. The quantitative estimate of drug-likeness (QED) is 0.493. The predicted molar refractivity (Wildman–Crippen MR) is 107 cm³/mol. The first kappa shape index (κ1) is 18.3. The first-order valence-corrected chi connectivity index (χ1v) is 9.89. The SMILES string of the molecule is C=CCn1c(SCC(=O)Nc2nc(C)cs2)nnc1-c1ccc(C)cc1. The number of rotatable bonds is 7. The number of hydrogen-bond acceptors (Lipinski definition) is 6. The molecule has 0 spiro atoms. The first-order valence-electron chi connectivity index (χ1n) is 8.02. The van der Waals surface area contributed by atoms with Gasteiger partial charge in [-0.2, -0.15) is 0 Å². The van der Waals surface area contributed by atoms with Gasteiger partial charge >= 0.3 is 0 Å². The fourth-order valence-electron chi connectivity index (χ4n) is 2.30. The average molecular weight is 386 g/mol. The number of nitrogens with one attached hydrogen (secondary N) is 1. The molecule has 0 saturated carbocycles. The van der Waals surface area contributed by atoms with E-state index in [-0.39, 0.29) is 11.7 Å². The minimum Gasteiger partial charge on any atom is -0.301 e. The summed E-state index contributed by atoms with van der Waals surface area (Å²) < 4.78 is 1.96. The van der Waals surface area contributed by atoms with Gasteiger partial charge < -0.3 is 5.32 Å². The molecule has 26 heavy (non-hydrogen) atoms. The van der Waals surface area contributed by atoms with Crippen LogP contribution in [0.1, 0.15) is 11.3 Å². The normalized spacial score (nSPS) is 10.7. The standard InChI is InChI=1S/C18H19N5OS2/c1-4-9-23-16(14-7-5-12(2)6-8-14)21-22-18(23)26-11-15(24)20-17-19-13(3)10-25-17/h4-8,10H,1,9,11H2,2-3H3,(H,19,20,24). The Bertz CT molecular complexity index is 914. The molecule has 0 aliphatic rings. The lowest BCUT2D eigenvalue weighted by Crippen LogP contribution is -2.14. The molecule has 8 heteroatoms. The van der Waals surface area contributed by atoms with E-state index in [1.54, 1.807) is 6.08 Å². The van der Waals surface area contributed by atoms with E-state index in [2.05, 4.69) is 27.1 Å². The number of nitrogens with zero attached hydrogens (tertiary/aromatic N) is 4. The summed E-state index contributed by atoms with van der Waals surface area (Å²) in [4.78, 5) is 16.4. The van der Waals surface area contributed by atoms with Crippen LogP contribution in [0.25, 0.3) is 11.4 Å². The van der Waals surface area contributed by atoms with Crippen LogP contribution in [-0.2, 0) is 11.3 Å². The van der Waals surface area contributed by atoms with E-state index >= 15 is 0 Å². The second kappa shape index (κ2) is 8.29. The van der Waals surface area contributed by atoms with Gasteiger partial charge in [-0.25, -0.2) is 4.98 Å². The van der Waals surface area contributed by atoms with Crippen molar-refractivity contribution in [1.82, 2.24) is 19.7 Å². The number of aryl methyl sites for hydroxylation is 2. The molecule has 0 bridgehead atoms. The highest BCUT2D eigenvalue weighted by Gasteiger charge is 2.15. The summed E-state index contributed by atoms with van der Waals surface area (Å²) >= 11 is 2.76. The molecule has 2 heterocycles. The minimum absolute atomic E-state index is 0.116. The number of thiazole rings is 1. The van der Waals surface area contributed by atoms with Gasteiger partial charge in [0.15, 0.2) is 16.1 Å². The molecule has 2 aromatic heterocycles. The zero-order chi connectivity index (χ0) is 18.5. The fraction of sp³-hybridized carbons (Fsp3) is 0.222. The van der Waals surface area contributed by atoms with Crippen LogP contribution in [0.15, 0.2) is 47.5 Å². The monoisotopic (exact) mass is 385 g/mol. The second-order valence-corrected chi connectivity index (χ2v) is 7.50. The lowest BCUT2D eigenvalue weighted by molar-refractivity contribution is -0.113. The van der Waals surface area contributed by atoms with Crippen molar-refractivity contribution in [1.29, 1.82) is 0 Å². The first-order chi connectivity index (χ1) is 12.6. The van der Waals surface area contributed by atoms with Crippen molar-refractivity contribution in [2.45, 2.75) is 25.5 Å². The van der Waals surface area contributed by atoms with E-state index in [0.717, 1.165) is 17.1 Å². The Morgan fingerprint density at radius 3 is 2.73 bits per heavy atom. The Hall–Kier alpha value is -2.45. The third-order valence-corrected chi connectivity index (χ3v) is 5.38. The number of benzene rings is 1. The van der Waals surface area contributed by atoms with Gasteiger partial charge in [-0.3, -0.25) is 9.36 Å². The maximum Gasteiger partial charge on any atom is 0.236 e. The van der Waals surface area contributed by atoms with Crippen LogP contribution in [0.4, 0.5) is 5.13 Å². The predicted octanol–water partition coefficient (Wildman–Crippen LogP) is 3.94. The van der Waals surface area contributed by atoms with Crippen LogP contribution in [0.2, 0.25) is 0 Å². The lowest BCUT2D eigenvalue weighted by atomic mass is 10.1. The van der Waals surface area contributed by atoms with E-state index in [9.17, 15) is 4.79 Å². The highest BCUT2D eigenvalue weighted by atomic mass is 32.2. The summed E-state index contributed by atoms with van der Waals surface area (Å²) in [5.41, 5.74) is 3.07. The molecule has 1 aromatic carbocycles. The largest absolute Gasteiger partial charge is 0.301 e. The Labute approximate surface area is 160 Å². The van der Waals surface area contributed by atoms with Crippen molar-refractivity contribution in [3.05, 3.63) is 53.6 Å². The van der Waals surface area contributed by atoms with Gasteiger partial charge in [-0.15, -0.1) is 28.1 Å². The van der Waals surface area contributed by atoms with Crippen LogP contribution in [0.5, 0.6) is 0 Å². The molecular formula is C18H19N5OS2.